The van der Waals surface area contributed by atoms with Gasteiger partial charge in [0.15, 0.2) is 17.3 Å². The number of carbonyl (C=O) groups is 1. The zero-order chi connectivity index (χ0) is 25.3. The third-order valence-electron chi connectivity index (χ3n) is 6.14. The number of hydrogen-bond acceptors (Lipinski definition) is 6. The first kappa shape index (κ1) is 24.1. The van der Waals surface area contributed by atoms with Crippen LogP contribution in [-0.4, -0.2) is 53.3 Å². The van der Waals surface area contributed by atoms with Crippen LogP contribution in [0.5, 0.6) is 0 Å². The first-order valence-corrected chi connectivity index (χ1v) is 11.3. The molecule has 4 aromatic rings. The van der Waals surface area contributed by atoms with Crippen molar-refractivity contribution in [3.63, 3.8) is 0 Å². The number of fused-ring (bicyclic) bond motifs is 3. The van der Waals surface area contributed by atoms with Gasteiger partial charge in [-0.1, -0.05) is 0 Å². The van der Waals surface area contributed by atoms with E-state index in [1.165, 1.54) is 10.6 Å². The predicted molar refractivity (Wildman–Crippen MR) is 127 cm³/mol. The number of carbonyl (C=O) groups excluding carboxylic acids is 1. The van der Waals surface area contributed by atoms with Gasteiger partial charge in [0.2, 0.25) is 5.95 Å². The standard InChI is InChI=1S/C22H24F2N8O.C2H2/c1-12(30(2)21(33)13-10-26-31(11-13)15-6-7-15)4-3-5-18-27-20-16-8-14(23)9-17(24)19(16)28-22(25)32(20)29-18;1-2/h8-12,15H,3-7H2,1-2H3,(H2,25,28);1-2H/t12-;/m0./s1. The molecular weight excluding hydrogens is 454 g/mol. The molecule has 9 nitrogen and oxygen atoms in total. The average Bonchev–Trinajstić information content (AvgIpc) is 3.40. The number of rotatable bonds is 7. The van der Waals surface area contributed by atoms with Gasteiger partial charge in [0.1, 0.15) is 11.3 Å². The minimum atomic E-state index is -0.798. The molecular formula is C24H26F2N8O. The average molecular weight is 481 g/mol. The minimum absolute atomic E-state index is 0.00503. The molecule has 1 saturated carbocycles. The minimum Gasteiger partial charge on any atom is -0.368 e. The van der Waals surface area contributed by atoms with Crippen molar-refractivity contribution in [2.24, 2.45) is 0 Å². The Labute approximate surface area is 200 Å². The molecule has 3 aromatic heterocycles. The van der Waals surface area contributed by atoms with Crippen molar-refractivity contribution in [1.82, 2.24) is 34.3 Å². The number of halogens is 2. The molecule has 1 atom stereocenters. The lowest BCUT2D eigenvalue weighted by molar-refractivity contribution is 0.0735. The fraction of sp³-hybridized carbons (Fsp3) is 0.375. The summed E-state index contributed by atoms with van der Waals surface area (Å²) in [5.74, 6) is -1.11. The van der Waals surface area contributed by atoms with Crippen molar-refractivity contribution in [2.45, 2.75) is 51.1 Å². The van der Waals surface area contributed by atoms with Gasteiger partial charge in [-0.2, -0.15) is 9.61 Å². The Kier molecular flexibility index (Phi) is 6.64. The van der Waals surface area contributed by atoms with Gasteiger partial charge < -0.3 is 10.6 Å². The lowest BCUT2D eigenvalue weighted by atomic mass is 10.1. The van der Waals surface area contributed by atoms with Crippen LogP contribution in [0.25, 0.3) is 16.6 Å². The molecule has 1 fully saturated rings. The second-order valence-corrected chi connectivity index (χ2v) is 8.61. The largest absolute Gasteiger partial charge is 0.368 e. The van der Waals surface area contributed by atoms with E-state index in [0.717, 1.165) is 25.3 Å². The van der Waals surface area contributed by atoms with E-state index in [1.54, 1.807) is 18.1 Å². The monoisotopic (exact) mass is 480 g/mol. The molecule has 11 heteroatoms. The highest BCUT2D eigenvalue weighted by atomic mass is 19.1. The van der Waals surface area contributed by atoms with Crippen molar-refractivity contribution in [1.29, 1.82) is 0 Å². The Morgan fingerprint density at radius 3 is 2.74 bits per heavy atom. The van der Waals surface area contributed by atoms with Crippen LogP contribution in [0.2, 0.25) is 0 Å². The molecule has 0 bridgehead atoms. The predicted octanol–water partition coefficient (Wildman–Crippen LogP) is 3.40. The van der Waals surface area contributed by atoms with E-state index in [1.807, 2.05) is 17.8 Å². The highest BCUT2D eigenvalue weighted by Gasteiger charge is 2.26. The Morgan fingerprint density at radius 1 is 1.29 bits per heavy atom. The van der Waals surface area contributed by atoms with Crippen LogP contribution in [0.4, 0.5) is 14.7 Å². The summed E-state index contributed by atoms with van der Waals surface area (Å²) in [6, 6.07) is 2.36. The number of anilines is 1. The van der Waals surface area contributed by atoms with Gasteiger partial charge in [0.05, 0.1) is 23.2 Å². The van der Waals surface area contributed by atoms with Crippen LogP contribution in [0, 0.1) is 24.5 Å². The van der Waals surface area contributed by atoms with Crippen LogP contribution < -0.4 is 5.73 Å². The van der Waals surface area contributed by atoms with E-state index in [-0.39, 0.29) is 34.4 Å². The maximum absolute atomic E-state index is 14.1. The number of hydrogen-bond donors (Lipinski definition) is 1. The number of terminal acetylenes is 1. The van der Waals surface area contributed by atoms with Crippen LogP contribution in [0.1, 0.15) is 54.8 Å². The zero-order valence-corrected chi connectivity index (χ0v) is 19.5. The van der Waals surface area contributed by atoms with Crippen molar-refractivity contribution in [3.05, 3.63) is 47.5 Å². The number of aromatic nitrogens is 6. The normalized spacial score (nSPS) is 14.0. The third kappa shape index (κ3) is 4.77. The number of nitrogen functional groups attached to an aromatic ring is 1. The molecule has 0 spiro atoms. The summed E-state index contributed by atoms with van der Waals surface area (Å²) in [7, 11) is 1.78. The number of amides is 1. The van der Waals surface area contributed by atoms with E-state index < -0.39 is 11.6 Å². The van der Waals surface area contributed by atoms with Crippen LogP contribution in [-0.2, 0) is 6.42 Å². The smallest absolute Gasteiger partial charge is 0.257 e. The van der Waals surface area contributed by atoms with E-state index >= 15 is 0 Å². The molecule has 0 aliphatic heterocycles. The van der Waals surface area contributed by atoms with Gasteiger partial charge in [0, 0.05) is 31.8 Å². The first-order chi connectivity index (χ1) is 16.8. The van der Waals surface area contributed by atoms with Crippen molar-refractivity contribution >= 4 is 28.4 Å². The molecule has 1 aliphatic rings. The van der Waals surface area contributed by atoms with Crippen molar-refractivity contribution in [2.75, 3.05) is 12.8 Å². The molecule has 2 N–H and O–H groups in total. The Morgan fingerprint density at radius 2 is 2.03 bits per heavy atom. The number of benzene rings is 1. The topological polar surface area (TPSA) is 107 Å². The molecule has 5 rings (SSSR count). The van der Waals surface area contributed by atoms with Crippen molar-refractivity contribution < 1.29 is 13.6 Å². The maximum Gasteiger partial charge on any atom is 0.257 e. The molecule has 182 valence electrons. The molecule has 3 heterocycles. The van der Waals surface area contributed by atoms with Gasteiger partial charge in [0.25, 0.3) is 5.91 Å². The Balaban J connectivity index is 0.00000141. The molecule has 1 aromatic carbocycles. The zero-order valence-electron chi connectivity index (χ0n) is 19.5. The Hall–Kier alpha value is -4.07. The summed E-state index contributed by atoms with van der Waals surface area (Å²) >= 11 is 0. The summed E-state index contributed by atoms with van der Waals surface area (Å²) in [5, 5.41) is 8.86. The van der Waals surface area contributed by atoms with E-state index in [2.05, 4.69) is 33.0 Å². The number of nitrogens with two attached hydrogens (primary N) is 1. The Bertz CT molecular complexity index is 1410. The first-order valence-electron chi connectivity index (χ1n) is 11.3. The molecule has 0 saturated heterocycles. The molecule has 1 aliphatic carbocycles. The molecule has 0 radical (unpaired) electrons. The van der Waals surface area contributed by atoms with Gasteiger partial charge >= 0.3 is 0 Å². The summed E-state index contributed by atoms with van der Waals surface area (Å²) in [6.07, 6.45) is 15.6. The third-order valence-corrected chi connectivity index (χ3v) is 6.14. The molecule has 1 amide bonds. The number of aryl methyl sites for hydroxylation is 1. The second-order valence-electron chi connectivity index (χ2n) is 8.61. The van der Waals surface area contributed by atoms with Gasteiger partial charge in [-0.05, 0) is 38.7 Å². The quantitative estimate of drug-likeness (QED) is 0.406. The highest BCUT2D eigenvalue weighted by molar-refractivity contribution is 5.94. The fourth-order valence-electron chi connectivity index (χ4n) is 3.95. The van der Waals surface area contributed by atoms with Gasteiger partial charge in [-0.25, -0.2) is 18.7 Å². The summed E-state index contributed by atoms with van der Waals surface area (Å²) < 4.78 is 31.0. The van der Waals surface area contributed by atoms with Crippen LogP contribution >= 0.6 is 0 Å². The summed E-state index contributed by atoms with van der Waals surface area (Å²) in [5.41, 5.74) is 6.72. The fourth-order valence-corrected chi connectivity index (χ4v) is 3.95. The molecule has 0 unspecified atom stereocenters. The van der Waals surface area contributed by atoms with Crippen LogP contribution in [0.15, 0.2) is 24.5 Å². The van der Waals surface area contributed by atoms with E-state index in [0.29, 0.717) is 30.3 Å². The summed E-state index contributed by atoms with van der Waals surface area (Å²) in [6.45, 7) is 1.99. The maximum atomic E-state index is 14.1. The lowest BCUT2D eigenvalue weighted by Gasteiger charge is -2.24. The SMILES string of the molecule is C#C.C[C@@H](CCCc1nc2c3cc(F)cc(F)c3nc(N)n2n1)N(C)C(=O)c1cnn(C2CC2)c1. The van der Waals surface area contributed by atoms with Gasteiger partial charge in [-0.3, -0.25) is 9.48 Å². The van der Waals surface area contributed by atoms with E-state index in [9.17, 15) is 13.6 Å². The summed E-state index contributed by atoms with van der Waals surface area (Å²) in [4.78, 5) is 22.9. The number of nitrogens with zero attached hydrogens (tertiary/aromatic N) is 7. The van der Waals surface area contributed by atoms with Crippen molar-refractivity contribution in [3.8, 4) is 12.8 Å². The van der Waals surface area contributed by atoms with Gasteiger partial charge in [-0.15, -0.1) is 17.9 Å². The molecule has 35 heavy (non-hydrogen) atoms. The van der Waals surface area contributed by atoms with E-state index in [4.69, 9.17) is 5.73 Å². The van der Waals surface area contributed by atoms with Crippen LogP contribution in [0.3, 0.4) is 0 Å². The lowest BCUT2D eigenvalue weighted by Crippen LogP contribution is -2.35. The second kappa shape index (κ2) is 9.66. The highest BCUT2D eigenvalue weighted by Crippen LogP contribution is 2.34.